The van der Waals surface area contributed by atoms with Gasteiger partial charge >= 0.3 is 0 Å². The smallest absolute Gasteiger partial charge is 0.137 e. The summed E-state index contributed by atoms with van der Waals surface area (Å²) in [6.45, 7) is 3.82. The lowest BCUT2D eigenvalue weighted by molar-refractivity contribution is 0.415. The maximum absolute atomic E-state index is 6.12. The number of hydrogen-bond donors (Lipinski definition) is 1. The number of methoxy groups -OCH3 is 1. The van der Waals surface area contributed by atoms with Gasteiger partial charge < -0.3 is 10.1 Å². The Morgan fingerprint density at radius 1 is 1.42 bits per heavy atom. The molecule has 2 rings (SSSR count). The quantitative estimate of drug-likeness (QED) is 0.826. The molecule has 1 N–H and O–H groups in total. The van der Waals surface area contributed by atoms with Gasteiger partial charge in [0.2, 0.25) is 0 Å². The summed E-state index contributed by atoms with van der Waals surface area (Å²) in [5, 5.41) is 11.9. The summed E-state index contributed by atoms with van der Waals surface area (Å²) in [4.78, 5) is 0. The Morgan fingerprint density at radius 2 is 2.26 bits per heavy atom. The van der Waals surface area contributed by atoms with Crippen molar-refractivity contribution < 1.29 is 4.74 Å². The van der Waals surface area contributed by atoms with Crippen molar-refractivity contribution in [3.05, 3.63) is 35.1 Å². The number of nitrogens with zero attached hydrogens (tertiary/aromatic N) is 3. The van der Waals surface area contributed by atoms with Crippen LogP contribution in [0.1, 0.15) is 19.0 Å². The summed E-state index contributed by atoms with van der Waals surface area (Å²) in [5.74, 6) is 0.649. The van der Waals surface area contributed by atoms with Crippen LogP contribution in [0.25, 0.3) is 5.69 Å². The van der Waals surface area contributed by atoms with Crippen molar-refractivity contribution in [2.24, 2.45) is 0 Å². The maximum atomic E-state index is 6.12. The molecule has 0 saturated carbocycles. The monoisotopic (exact) mass is 280 g/mol. The summed E-state index contributed by atoms with van der Waals surface area (Å²) in [7, 11) is 1.59. The Morgan fingerprint density at radius 3 is 2.95 bits per heavy atom. The molecule has 0 radical (unpaired) electrons. The van der Waals surface area contributed by atoms with Crippen molar-refractivity contribution in [2.75, 3.05) is 13.7 Å². The van der Waals surface area contributed by atoms with Crippen molar-refractivity contribution in [3.8, 4) is 11.4 Å². The molecule has 0 aliphatic rings. The van der Waals surface area contributed by atoms with E-state index in [2.05, 4.69) is 22.6 Å². The molecular formula is C13H17ClN4O. The number of halogens is 1. The Hall–Kier alpha value is -1.59. The third-order valence-electron chi connectivity index (χ3n) is 2.73. The summed E-state index contributed by atoms with van der Waals surface area (Å²) < 4.78 is 6.91. The van der Waals surface area contributed by atoms with E-state index in [9.17, 15) is 0 Å². The van der Waals surface area contributed by atoms with Crippen LogP contribution < -0.4 is 10.1 Å². The molecule has 0 amide bonds. The first-order chi connectivity index (χ1) is 9.26. The molecule has 1 aromatic heterocycles. The number of benzene rings is 1. The lowest BCUT2D eigenvalue weighted by Gasteiger charge is -2.09. The molecule has 0 aliphatic carbocycles. The Kier molecular flexibility index (Phi) is 4.76. The summed E-state index contributed by atoms with van der Waals surface area (Å²) in [5.41, 5.74) is 1.87. The minimum absolute atomic E-state index is 0.558. The molecule has 102 valence electrons. The fourth-order valence-corrected chi connectivity index (χ4v) is 2.03. The van der Waals surface area contributed by atoms with Crippen LogP contribution >= 0.6 is 11.6 Å². The molecule has 0 bridgehead atoms. The number of rotatable bonds is 6. The minimum atomic E-state index is 0.558. The van der Waals surface area contributed by atoms with Crippen LogP contribution in [0, 0.1) is 0 Å². The van der Waals surface area contributed by atoms with Crippen molar-refractivity contribution >= 4 is 11.6 Å². The van der Waals surface area contributed by atoms with E-state index in [1.807, 2.05) is 18.2 Å². The normalized spacial score (nSPS) is 10.7. The topological polar surface area (TPSA) is 52.0 Å². The lowest BCUT2D eigenvalue weighted by Crippen LogP contribution is -2.16. The van der Waals surface area contributed by atoms with Gasteiger partial charge in [0.25, 0.3) is 0 Å². The van der Waals surface area contributed by atoms with E-state index >= 15 is 0 Å². The molecule has 0 spiro atoms. The molecule has 1 heterocycles. The molecule has 0 atom stereocenters. The van der Waals surface area contributed by atoms with Crippen molar-refractivity contribution in [1.29, 1.82) is 0 Å². The number of aromatic nitrogens is 3. The highest BCUT2D eigenvalue weighted by Gasteiger charge is 2.08. The van der Waals surface area contributed by atoms with Gasteiger partial charge in [-0.05, 0) is 31.2 Å². The first-order valence-electron chi connectivity index (χ1n) is 6.20. The molecule has 1 aromatic carbocycles. The highest BCUT2D eigenvalue weighted by molar-refractivity contribution is 6.32. The second-order valence-electron chi connectivity index (χ2n) is 4.13. The van der Waals surface area contributed by atoms with E-state index in [0.717, 1.165) is 30.9 Å². The molecule has 0 unspecified atom stereocenters. The molecule has 19 heavy (non-hydrogen) atoms. The summed E-state index contributed by atoms with van der Waals surface area (Å²) in [6.07, 6.45) is 2.84. The van der Waals surface area contributed by atoms with E-state index in [0.29, 0.717) is 10.8 Å². The van der Waals surface area contributed by atoms with Crippen LogP contribution in [-0.2, 0) is 6.54 Å². The summed E-state index contributed by atoms with van der Waals surface area (Å²) in [6, 6.07) is 5.55. The van der Waals surface area contributed by atoms with Crippen LogP contribution in [0.15, 0.2) is 24.4 Å². The fraction of sp³-hybridized carbons (Fsp3) is 0.385. The predicted octanol–water partition coefficient (Wildman–Crippen LogP) is 2.43. The zero-order valence-corrected chi connectivity index (χ0v) is 11.8. The Labute approximate surface area is 117 Å². The van der Waals surface area contributed by atoms with E-state index in [-0.39, 0.29) is 0 Å². The molecule has 0 saturated heterocycles. The molecule has 5 nitrogen and oxygen atoms in total. The predicted molar refractivity (Wildman–Crippen MR) is 74.9 cm³/mol. The zero-order valence-electron chi connectivity index (χ0n) is 11.1. The highest BCUT2D eigenvalue weighted by atomic mass is 35.5. The van der Waals surface area contributed by atoms with Crippen LogP contribution in [0.2, 0.25) is 5.02 Å². The van der Waals surface area contributed by atoms with Gasteiger partial charge in [0.05, 0.1) is 29.7 Å². The average molecular weight is 281 g/mol. The Bertz CT molecular complexity index is 541. The van der Waals surface area contributed by atoms with Gasteiger partial charge in [-0.1, -0.05) is 23.7 Å². The lowest BCUT2D eigenvalue weighted by atomic mass is 10.3. The van der Waals surface area contributed by atoms with Crippen LogP contribution in [0.4, 0.5) is 0 Å². The molecular weight excluding hydrogens is 264 g/mol. The molecule has 2 aromatic rings. The van der Waals surface area contributed by atoms with Crippen molar-refractivity contribution in [1.82, 2.24) is 20.3 Å². The van der Waals surface area contributed by atoms with E-state index < -0.39 is 0 Å². The third kappa shape index (κ3) is 3.24. The first kappa shape index (κ1) is 13.8. The standard InChI is InChI=1S/C13H17ClN4O/c1-3-6-15-8-11-9-16-17-18(11)10-4-5-13(19-2)12(14)7-10/h4-5,7,9,15H,3,6,8H2,1-2H3. The minimum Gasteiger partial charge on any atom is -0.495 e. The second-order valence-corrected chi connectivity index (χ2v) is 4.54. The SMILES string of the molecule is CCCNCc1cnnn1-c1ccc(OC)c(Cl)c1. The van der Waals surface area contributed by atoms with Gasteiger partial charge in [-0.25, -0.2) is 4.68 Å². The zero-order chi connectivity index (χ0) is 13.7. The molecule has 0 aliphatic heterocycles. The molecule has 0 fully saturated rings. The highest BCUT2D eigenvalue weighted by Crippen LogP contribution is 2.26. The van der Waals surface area contributed by atoms with Gasteiger partial charge in [-0.3, -0.25) is 0 Å². The van der Waals surface area contributed by atoms with E-state index in [4.69, 9.17) is 16.3 Å². The average Bonchev–Trinajstić information content (AvgIpc) is 2.87. The molecule has 6 heteroatoms. The number of nitrogens with one attached hydrogen (secondary N) is 1. The van der Waals surface area contributed by atoms with Crippen LogP contribution in [-0.4, -0.2) is 28.6 Å². The van der Waals surface area contributed by atoms with Crippen LogP contribution in [0.5, 0.6) is 5.75 Å². The maximum Gasteiger partial charge on any atom is 0.137 e. The first-order valence-corrected chi connectivity index (χ1v) is 6.58. The van der Waals surface area contributed by atoms with Gasteiger partial charge in [0.15, 0.2) is 0 Å². The van der Waals surface area contributed by atoms with Gasteiger partial charge in [0, 0.05) is 6.54 Å². The van der Waals surface area contributed by atoms with Gasteiger partial charge in [-0.15, -0.1) is 5.10 Å². The Balaban J connectivity index is 2.22. The summed E-state index contributed by atoms with van der Waals surface area (Å²) >= 11 is 6.12. The van der Waals surface area contributed by atoms with Gasteiger partial charge in [-0.2, -0.15) is 0 Å². The number of ether oxygens (including phenoxy) is 1. The van der Waals surface area contributed by atoms with E-state index in [1.165, 1.54) is 0 Å². The number of hydrogen-bond acceptors (Lipinski definition) is 4. The van der Waals surface area contributed by atoms with E-state index in [1.54, 1.807) is 18.0 Å². The fourth-order valence-electron chi connectivity index (χ4n) is 1.77. The van der Waals surface area contributed by atoms with Gasteiger partial charge in [0.1, 0.15) is 5.75 Å². The van der Waals surface area contributed by atoms with Crippen molar-refractivity contribution in [3.63, 3.8) is 0 Å². The third-order valence-corrected chi connectivity index (χ3v) is 3.03. The largest absolute Gasteiger partial charge is 0.495 e. The van der Waals surface area contributed by atoms with Crippen molar-refractivity contribution in [2.45, 2.75) is 19.9 Å². The second kappa shape index (κ2) is 6.54. The van der Waals surface area contributed by atoms with Crippen LogP contribution in [0.3, 0.4) is 0 Å².